The monoisotopic (exact) mass is 251 g/mol. The molecule has 96 valence electrons. The fourth-order valence-electron chi connectivity index (χ4n) is 4.81. The number of nitrogens with zero attached hydrogens (tertiary/aromatic N) is 2. The van der Waals surface area contributed by atoms with Crippen LogP contribution in [0.25, 0.3) is 10.8 Å². The van der Waals surface area contributed by atoms with Crippen molar-refractivity contribution in [3.63, 3.8) is 0 Å². The Labute approximate surface area is 112 Å². The van der Waals surface area contributed by atoms with Gasteiger partial charge in [-0.15, -0.1) is 5.10 Å². The topological polar surface area (TPSA) is 37.8 Å². The molecule has 5 rings (SSSR count). The first kappa shape index (κ1) is 10.2. The fourth-order valence-corrected chi connectivity index (χ4v) is 4.81. The summed E-state index contributed by atoms with van der Waals surface area (Å²) in [5.41, 5.74) is 0. The molecule has 0 saturated heterocycles. The van der Waals surface area contributed by atoms with Gasteiger partial charge in [0.15, 0.2) is 5.82 Å². The zero-order chi connectivity index (χ0) is 12.4. The van der Waals surface area contributed by atoms with Crippen molar-refractivity contribution in [1.82, 2.24) is 10.2 Å². The van der Waals surface area contributed by atoms with E-state index in [2.05, 4.69) is 39.8 Å². The van der Waals surface area contributed by atoms with Crippen molar-refractivity contribution in [2.75, 3.05) is 5.32 Å². The first-order valence-electron chi connectivity index (χ1n) is 7.39. The Kier molecular flexibility index (Phi) is 1.86. The molecule has 1 N–H and O–H groups in total. The third-order valence-corrected chi connectivity index (χ3v) is 5.61. The van der Waals surface area contributed by atoms with Gasteiger partial charge in [0, 0.05) is 16.8 Å². The van der Waals surface area contributed by atoms with E-state index in [4.69, 9.17) is 0 Å². The van der Waals surface area contributed by atoms with Crippen LogP contribution in [0, 0.1) is 23.7 Å². The van der Waals surface area contributed by atoms with Gasteiger partial charge in [0.2, 0.25) is 0 Å². The van der Waals surface area contributed by atoms with E-state index < -0.39 is 0 Å². The van der Waals surface area contributed by atoms with Crippen LogP contribution in [0.5, 0.6) is 0 Å². The zero-order valence-electron chi connectivity index (χ0n) is 10.8. The van der Waals surface area contributed by atoms with E-state index in [1.54, 1.807) is 0 Å². The maximum Gasteiger partial charge on any atom is 0.156 e. The SMILES string of the molecule is c1ccc2c(NC3C4C5CCC(C5)C34)nncc2c1. The van der Waals surface area contributed by atoms with Gasteiger partial charge < -0.3 is 5.32 Å². The van der Waals surface area contributed by atoms with E-state index in [-0.39, 0.29) is 0 Å². The minimum Gasteiger partial charge on any atom is -0.365 e. The molecule has 1 aromatic heterocycles. The lowest BCUT2D eigenvalue weighted by molar-refractivity contribution is 0.456. The molecule has 3 aliphatic carbocycles. The molecule has 19 heavy (non-hydrogen) atoms. The molecule has 3 aliphatic rings. The van der Waals surface area contributed by atoms with Crippen molar-refractivity contribution in [3.8, 4) is 0 Å². The summed E-state index contributed by atoms with van der Waals surface area (Å²) >= 11 is 0. The molecule has 3 nitrogen and oxygen atoms in total. The lowest BCUT2D eigenvalue weighted by Crippen LogP contribution is -2.14. The molecular formula is C16H17N3. The third kappa shape index (κ3) is 1.33. The molecule has 0 aliphatic heterocycles. The number of fused-ring (bicyclic) bond motifs is 6. The lowest BCUT2D eigenvalue weighted by atomic mass is 10.0. The van der Waals surface area contributed by atoms with E-state index in [1.165, 1.54) is 30.0 Å². The predicted molar refractivity (Wildman–Crippen MR) is 74.8 cm³/mol. The summed E-state index contributed by atoms with van der Waals surface area (Å²) in [7, 11) is 0. The number of benzene rings is 1. The number of nitrogens with one attached hydrogen (secondary N) is 1. The first-order valence-corrected chi connectivity index (χ1v) is 7.39. The molecule has 3 fully saturated rings. The quantitative estimate of drug-likeness (QED) is 0.891. The van der Waals surface area contributed by atoms with E-state index in [0.717, 1.165) is 29.5 Å². The summed E-state index contributed by atoms with van der Waals surface area (Å²) in [5, 5.41) is 14.5. The molecule has 0 spiro atoms. The number of hydrogen-bond donors (Lipinski definition) is 1. The Hall–Kier alpha value is -1.64. The third-order valence-electron chi connectivity index (χ3n) is 5.61. The highest BCUT2D eigenvalue weighted by Crippen LogP contribution is 2.66. The van der Waals surface area contributed by atoms with Gasteiger partial charge in [-0.25, -0.2) is 0 Å². The van der Waals surface area contributed by atoms with E-state index in [1.807, 2.05) is 6.20 Å². The normalized spacial score (nSPS) is 38.4. The summed E-state index contributed by atoms with van der Waals surface area (Å²) in [4.78, 5) is 0. The van der Waals surface area contributed by atoms with Gasteiger partial charge in [-0.1, -0.05) is 24.3 Å². The van der Waals surface area contributed by atoms with Gasteiger partial charge in [0.05, 0.1) is 6.20 Å². The number of aromatic nitrogens is 2. The van der Waals surface area contributed by atoms with Crippen molar-refractivity contribution < 1.29 is 0 Å². The van der Waals surface area contributed by atoms with Crippen molar-refractivity contribution in [2.24, 2.45) is 23.7 Å². The second-order valence-electron chi connectivity index (χ2n) is 6.44. The molecule has 3 saturated carbocycles. The lowest BCUT2D eigenvalue weighted by Gasteiger charge is -2.12. The van der Waals surface area contributed by atoms with Crippen LogP contribution in [0.2, 0.25) is 0 Å². The summed E-state index contributed by atoms with van der Waals surface area (Å²) in [6.45, 7) is 0. The maximum atomic E-state index is 4.32. The van der Waals surface area contributed by atoms with Crippen LogP contribution in [0.15, 0.2) is 30.5 Å². The Bertz CT molecular complexity index is 632. The maximum absolute atomic E-state index is 4.32. The summed E-state index contributed by atoms with van der Waals surface area (Å²) in [6, 6.07) is 9.05. The van der Waals surface area contributed by atoms with E-state index in [9.17, 15) is 0 Å². The molecule has 0 amide bonds. The van der Waals surface area contributed by atoms with Gasteiger partial charge in [0.1, 0.15) is 0 Å². The Morgan fingerprint density at radius 1 is 1.05 bits per heavy atom. The second kappa shape index (κ2) is 3.47. The molecule has 1 heterocycles. The highest BCUT2D eigenvalue weighted by Gasteiger charge is 2.65. The predicted octanol–water partition coefficient (Wildman–Crippen LogP) is 3.09. The second-order valence-corrected chi connectivity index (χ2v) is 6.44. The van der Waals surface area contributed by atoms with Gasteiger partial charge in [0.25, 0.3) is 0 Å². The molecular weight excluding hydrogens is 234 g/mol. The summed E-state index contributed by atoms with van der Waals surface area (Å²) < 4.78 is 0. The minimum absolute atomic E-state index is 0.673. The first-order chi connectivity index (χ1) is 9.42. The van der Waals surface area contributed by atoms with Crippen LogP contribution in [-0.2, 0) is 0 Å². The molecule has 4 atom stereocenters. The summed E-state index contributed by atoms with van der Waals surface area (Å²) in [6.07, 6.45) is 6.27. The van der Waals surface area contributed by atoms with Gasteiger partial charge >= 0.3 is 0 Å². The molecule has 2 bridgehead atoms. The van der Waals surface area contributed by atoms with Crippen LogP contribution < -0.4 is 5.32 Å². The van der Waals surface area contributed by atoms with Crippen LogP contribution in [0.1, 0.15) is 19.3 Å². The average molecular weight is 251 g/mol. The average Bonchev–Trinajstić information content (AvgIpc) is 2.84. The number of rotatable bonds is 2. The van der Waals surface area contributed by atoms with Crippen LogP contribution in [0.3, 0.4) is 0 Å². The Balaban J connectivity index is 1.48. The Morgan fingerprint density at radius 3 is 2.68 bits per heavy atom. The van der Waals surface area contributed by atoms with Gasteiger partial charge in [-0.05, 0) is 42.9 Å². The van der Waals surface area contributed by atoms with Crippen LogP contribution >= 0.6 is 0 Å². The molecule has 0 radical (unpaired) electrons. The molecule has 2 aromatic rings. The van der Waals surface area contributed by atoms with E-state index >= 15 is 0 Å². The minimum atomic E-state index is 0.673. The largest absolute Gasteiger partial charge is 0.365 e. The highest BCUT2D eigenvalue weighted by atomic mass is 15.2. The van der Waals surface area contributed by atoms with Crippen molar-refractivity contribution in [3.05, 3.63) is 30.5 Å². The Morgan fingerprint density at radius 2 is 1.84 bits per heavy atom. The smallest absolute Gasteiger partial charge is 0.156 e. The van der Waals surface area contributed by atoms with Gasteiger partial charge in [-0.2, -0.15) is 5.10 Å². The molecule has 4 unspecified atom stereocenters. The van der Waals surface area contributed by atoms with Crippen LogP contribution in [0.4, 0.5) is 5.82 Å². The van der Waals surface area contributed by atoms with E-state index in [0.29, 0.717) is 6.04 Å². The zero-order valence-corrected chi connectivity index (χ0v) is 10.8. The summed E-state index contributed by atoms with van der Waals surface area (Å²) in [5.74, 6) is 4.84. The van der Waals surface area contributed by atoms with Crippen molar-refractivity contribution >= 4 is 16.6 Å². The van der Waals surface area contributed by atoms with Crippen LogP contribution in [-0.4, -0.2) is 16.2 Å². The molecule has 1 aromatic carbocycles. The fraction of sp³-hybridized carbons (Fsp3) is 0.500. The highest BCUT2D eigenvalue weighted by molar-refractivity contribution is 5.91. The van der Waals surface area contributed by atoms with Crippen molar-refractivity contribution in [2.45, 2.75) is 25.3 Å². The van der Waals surface area contributed by atoms with Crippen molar-refractivity contribution in [1.29, 1.82) is 0 Å². The number of hydrogen-bond acceptors (Lipinski definition) is 3. The standard InChI is InChI=1S/C16H17N3/c1-2-4-12-11(3-1)8-17-19-16(12)18-15-13-9-5-6-10(7-9)14(13)15/h1-4,8-10,13-15H,5-7H2,(H,18,19). The number of anilines is 1. The molecule has 3 heteroatoms. The van der Waals surface area contributed by atoms with Gasteiger partial charge in [-0.3, -0.25) is 0 Å².